The first kappa shape index (κ1) is 26.8. The van der Waals surface area contributed by atoms with E-state index in [4.69, 9.17) is 4.52 Å². The first-order valence-corrected chi connectivity index (χ1v) is 11.4. The number of aromatic nitrogens is 4. The van der Waals surface area contributed by atoms with Gasteiger partial charge in [-0.3, -0.25) is 4.68 Å². The molecule has 0 N–H and O–H groups in total. The summed E-state index contributed by atoms with van der Waals surface area (Å²) < 4.78 is 48.4. The number of halogens is 3. The van der Waals surface area contributed by atoms with E-state index < -0.39 is 17.7 Å². The molecule has 2 heterocycles. The van der Waals surface area contributed by atoms with Gasteiger partial charge in [0.2, 0.25) is 5.82 Å². The van der Waals surface area contributed by atoms with Gasteiger partial charge in [-0.2, -0.15) is 23.3 Å². The zero-order chi connectivity index (χ0) is 25.3. The minimum absolute atomic E-state index is 0. The summed E-state index contributed by atoms with van der Waals surface area (Å²) in [4.78, 5) is 15.2. The van der Waals surface area contributed by atoms with Crippen molar-refractivity contribution in [2.75, 3.05) is 0 Å². The Bertz CT molecular complexity index is 1440. The van der Waals surface area contributed by atoms with Gasteiger partial charge in [0.15, 0.2) is 0 Å². The summed E-state index contributed by atoms with van der Waals surface area (Å²) in [5.74, 6) is -1.11. The molecule has 0 bridgehead atoms. The van der Waals surface area contributed by atoms with Crippen molar-refractivity contribution in [1.82, 2.24) is 19.9 Å². The molecule has 11 heteroatoms. The van der Waals surface area contributed by atoms with Gasteiger partial charge in [-0.05, 0) is 60.6 Å². The second-order valence-electron chi connectivity index (χ2n) is 8.54. The van der Waals surface area contributed by atoms with Crippen LogP contribution in [0.1, 0.15) is 52.9 Å². The van der Waals surface area contributed by atoms with Gasteiger partial charge in [0.05, 0.1) is 18.1 Å². The van der Waals surface area contributed by atoms with Crippen LogP contribution in [0.3, 0.4) is 0 Å². The van der Waals surface area contributed by atoms with Crippen LogP contribution in [0.25, 0.3) is 28.4 Å². The maximum atomic E-state index is 13.9. The average Bonchev–Trinajstić information content (AvgIpc) is 3.55. The molecule has 1 aliphatic rings. The number of hydrogen-bond acceptors (Lipinski definition) is 6. The Morgan fingerprint density at radius 1 is 1.05 bits per heavy atom. The van der Waals surface area contributed by atoms with Crippen molar-refractivity contribution in [3.63, 3.8) is 0 Å². The molecule has 7 nitrogen and oxygen atoms in total. The number of rotatable bonds is 6. The molecule has 5 rings (SSSR count). The largest absolute Gasteiger partial charge is 1.00 e. The number of nitrogens with zero attached hydrogens (tertiary/aromatic N) is 4. The third-order valence-corrected chi connectivity index (χ3v) is 6.04. The Morgan fingerprint density at radius 2 is 1.81 bits per heavy atom. The average molecular weight is 516 g/mol. The van der Waals surface area contributed by atoms with Gasteiger partial charge in [-0.1, -0.05) is 41.6 Å². The van der Waals surface area contributed by atoms with Crippen LogP contribution in [-0.4, -0.2) is 25.9 Å². The molecule has 37 heavy (non-hydrogen) atoms. The first-order valence-electron chi connectivity index (χ1n) is 11.4. The molecule has 0 saturated heterocycles. The minimum Gasteiger partial charge on any atom is -0.543 e. The number of carboxylic acid groups (broad SMARTS) is 1. The van der Waals surface area contributed by atoms with Crippen LogP contribution in [-0.2, 0) is 12.7 Å². The standard InChI is InChI=1S/C26H21F3N4O3.Na/c27-26(28,29)21-14-19(10-11-20(21)17-4-2-1-3-5-17)24-30-23(32-36-24)18-8-6-16(7-9-18)15-33-13-12-22(31-33)25(34)35;/h4,6-14H,1-3,5,15H2,(H,34,35);/q;+1/p-1. The van der Waals surface area contributed by atoms with Crippen LogP contribution in [0, 0.1) is 0 Å². The van der Waals surface area contributed by atoms with Crippen molar-refractivity contribution in [2.45, 2.75) is 38.4 Å². The molecule has 0 amide bonds. The van der Waals surface area contributed by atoms with Crippen molar-refractivity contribution >= 4 is 11.5 Å². The normalized spacial score (nSPS) is 13.6. The number of carbonyl (C=O) groups is 1. The molecular formula is C26H20F3N4NaO3. The van der Waals surface area contributed by atoms with Crippen molar-refractivity contribution < 1.29 is 57.2 Å². The molecule has 0 spiro atoms. The fraction of sp³-hybridized carbons (Fsp3) is 0.231. The van der Waals surface area contributed by atoms with Crippen LogP contribution < -0.4 is 34.7 Å². The van der Waals surface area contributed by atoms with Gasteiger partial charge in [0, 0.05) is 17.3 Å². The molecular weight excluding hydrogens is 496 g/mol. The van der Waals surface area contributed by atoms with E-state index in [2.05, 4.69) is 15.2 Å². The van der Waals surface area contributed by atoms with E-state index in [1.54, 1.807) is 30.3 Å². The maximum Gasteiger partial charge on any atom is 1.00 e. The molecule has 0 saturated carbocycles. The summed E-state index contributed by atoms with van der Waals surface area (Å²) in [7, 11) is 0. The number of hydrogen-bond donors (Lipinski definition) is 0. The Balaban J connectivity index is 0.00000320. The van der Waals surface area contributed by atoms with Gasteiger partial charge >= 0.3 is 35.7 Å². The van der Waals surface area contributed by atoms with E-state index in [0.29, 0.717) is 18.5 Å². The predicted molar refractivity (Wildman–Crippen MR) is 122 cm³/mol. The van der Waals surface area contributed by atoms with E-state index in [0.717, 1.165) is 36.5 Å². The number of benzene rings is 2. The minimum atomic E-state index is -4.52. The molecule has 0 aliphatic heterocycles. The number of aromatic carboxylic acids is 1. The zero-order valence-electron chi connectivity index (χ0n) is 20.0. The fourth-order valence-corrected chi connectivity index (χ4v) is 4.24. The summed E-state index contributed by atoms with van der Waals surface area (Å²) in [5, 5.41) is 18.7. The first-order chi connectivity index (χ1) is 17.3. The van der Waals surface area contributed by atoms with Crippen LogP contribution >= 0.6 is 0 Å². The van der Waals surface area contributed by atoms with Crippen LogP contribution in [0.4, 0.5) is 13.2 Å². The summed E-state index contributed by atoms with van der Waals surface area (Å²) in [6.45, 7) is 0.341. The predicted octanol–water partition coefficient (Wildman–Crippen LogP) is 1.99. The number of allylic oxidation sites excluding steroid dienone is 2. The summed E-state index contributed by atoms with van der Waals surface area (Å²) in [6.07, 6.45) is 2.18. The quantitative estimate of drug-likeness (QED) is 0.364. The SMILES string of the molecule is O=C([O-])c1ccn(Cc2ccc(-c3noc(-c4ccc(C5=CCCCC5)c(C(F)(F)F)c4)n3)cc2)n1.[Na+]. The molecule has 2 aromatic heterocycles. The topological polar surface area (TPSA) is 96.9 Å². The van der Waals surface area contributed by atoms with E-state index in [1.807, 2.05) is 6.08 Å². The van der Waals surface area contributed by atoms with Gasteiger partial charge in [-0.15, -0.1) is 0 Å². The second kappa shape index (κ2) is 11.0. The smallest absolute Gasteiger partial charge is 0.543 e. The summed E-state index contributed by atoms with van der Waals surface area (Å²) in [6, 6.07) is 12.5. The summed E-state index contributed by atoms with van der Waals surface area (Å²) >= 11 is 0. The molecule has 1 aliphatic carbocycles. The second-order valence-corrected chi connectivity index (χ2v) is 8.54. The molecule has 0 unspecified atom stereocenters. The molecule has 0 radical (unpaired) electrons. The Kier molecular flexibility index (Phi) is 8.01. The Labute approximate surface area is 232 Å². The number of alkyl halides is 3. The van der Waals surface area contributed by atoms with E-state index in [1.165, 1.54) is 23.0 Å². The van der Waals surface area contributed by atoms with Crippen molar-refractivity contribution in [3.8, 4) is 22.8 Å². The third kappa shape index (κ3) is 6.03. The Morgan fingerprint density at radius 3 is 2.46 bits per heavy atom. The van der Waals surface area contributed by atoms with Gasteiger partial charge in [0.25, 0.3) is 5.89 Å². The van der Waals surface area contributed by atoms with Gasteiger partial charge in [-0.25, -0.2) is 0 Å². The molecule has 4 aromatic rings. The third-order valence-electron chi connectivity index (χ3n) is 6.04. The molecule has 0 atom stereocenters. The van der Waals surface area contributed by atoms with Crippen LogP contribution in [0.2, 0.25) is 0 Å². The van der Waals surface area contributed by atoms with E-state index in [9.17, 15) is 23.1 Å². The number of carboxylic acids is 1. The fourth-order valence-electron chi connectivity index (χ4n) is 4.24. The maximum absolute atomic E-state index is 13.9. The van der Waals surface area contributed by atoms with E-state index >= 15 is 0 Å². The number of carbonyl (C=O) groups excluding carboxylic acids is 1. The zero-order valence-corrected chi connectivity index (χ0v) is 22.0. The van der Waals surface area contributed by atoms with E-state index in [-0.39, 0.29) is 58.1 Å². The monoisotopic (exact) mass is 516 g/mol. The van der Waals surface area contributed by atoms with Crippen molar-refractivity contribution in [3.05, 3.63) is 83.2 Å². The molecule has 184 valence electrons. The van der Waals surface area contributed by atoms with Crippen LogP contribution in [0.5, 0.6) is 0 Å². The van der Waals surface area contributed by atoms with Gasteiger partial charge < -0.3 is 14.4 Å². The van der Waals surface area contributed by atoms with Crippen LogP contribution in [0.15, 0.2) is 65.3 Å². The van der Waals surface area contributed by atoms with Gasteiger partial charge in [0.1, 0.15) is 5.69 Å². The summed E-state index contributed by atoms with van der Waals surface area (Å²) in [5.41, 5.74) is 1.71. The molecule has 2 aromatic carbocycles. The Hall–Kier alpha value is -3.21. The van der Waals surface area contributed by atoms with Crippen molar-refractivity contribution in [1.29, 1.82) is 0 Å². The van der Waals surface area contributed by atoms with Crippen molar-refractivity contribution in [2.24, 2.45) is 0 Å². The molecule has 0 fully saturated rings.